The Hall–Kier alpha value is -5.80. The van der Waals surface area contributed by atoms with Gasteiger partial charge >= 0.3 is 0 Å². The standard InChI is InChI=1S/C40H27N3/c1-3-11-28(12-4-1)29-20-22-30(23-21-29)33-25-35(31-13-5-2-6-14-31)40-36(26-33)34-16-7-8-18-38(34)43(40)39-19-9-17-37(42-39)32-15-10-24-41-27-32/h1-27H. The quantitative estimate of drug-likeness (QED) is 0.214. The van der Waals surface area contributed by atoms with E-state index in [0.717, 1.165) is 28.1 Å². The lowest BCUT2D eigenvalue weighted by molar-refractivity contribution is 1.08. The molecule has 0 radical (unpaired) electrons. The average molecular weight is 550 g/mol. The van der Waals surface area contributed by atoms with E-state index in [-0.39, 0.29) is 0 Å². The molecule has 3 heterocycles. The summed E-state index contributed by atoms with van der Waals surface area (Å²) in [7, 11) is 0. The summed E-state index contributed by atoms with van der Waals surface area (Å²) in [4.78, 5) is 9.48. The van der Waals surface area contributed by atoms with E-state index >= 15 is 0 Å². The molecule has 0 bridgehead atoms. The minimum atomic E-state index is 0.879. The summed E-state index contributed by atoms with van der Waals surface area (Å²) < 4.78 is 2.31. The van der Waals surface area contributed by atoms with Crippen LogP contribution in [-0.4, -0.2) is 14.5 Å². The molecule has 0 saturated heterocycles. The lowest BCUT2D eigenvalue weighted by atomic mass is 9.94. The Bertz CT molecular complexity index is 2200. The number of hydrogen-bond donors (Lipinski definition) is 0. The van der Waals surface area contributed by atoms with Gasteiger partial charge in [-0.3, -0.25) is 9.55 Å². The highest BCUT2D eigenvalue weighted by Gasteiger charge is 2.19. The maximum Gasteiger partial charge on any atom is 0.138 e. The third kappa shape index (κ3) is 4.48. The van der Waals surface area contributed by atoms with Crippen LogP contribution in [0.4, 0.5) is 0 Å². The van der Waals surface area contributed by atoms with Crippen LogP contribution < -0.4 is 0 Å². The van der Waals surface area contributed by atoms with Gasteiger partial charge < -0.3 is 0 Å². The number of nitrogens with zero attached hydrogens (tertiary/aromatic N) is 3. The normalized spacial score (nSPS) is 11.3. The average Bonchev–Trinajstić information content (AvgIpc) is 3.43. The second-order valence-electron chi connectivity index (χ2n) is 10.7. The van der Waals surface area contributed by atoms with Gasteiger partial charge in [-0.1, -0.05) is 109 Å². The van der Waals surface area contributed by atoms with Crippen LogP contribution in [0.2, 0.25) is 0 Å². The molecule has 8 rings (SSSR count). The zero-order valence-corrected chi connectivity index (χ0v) is 23.4. The van der Waals surface area contributed by atoms with Crippen molar-refractivity contribution >= 4 is 21.8 Å². The first-order valence-electron chi connectivity index (χ1n) is 14.5. The Balaban J connectivity index is 1.38. The molecule has 3 aromatic heterocycles. The highest BCUT2D eigenvalue weighted by atomic mass is 15.1. The van der Waals surface area contributed by atoms with Crippen molar-refractivity contribution in [2.24, 2.45) is 0 Å². The van der Waals surface area contributed by atoms with E-state index in [0.29, 0.717) is 0 Å². The predicted octanol–water partition coefficient (Wildman–Crippen LogP) is 10.2. The van der Waals surface area contributed by atoms with Gasteiger partial charge in [-0.2, -0.15) is 0 Å². The van der Waals surface area contributed by atoms with E-state index in [1.54, 1.807) is 6.20 Å². The van der Waals surface area contributed by atoms with Crippen molar-refractivity contribution in [2.75, 3.05) is 0 Å². The third-order valence-electron chi connectivity index (χ3n) is 8.10. The van der Waals surface area contributed by atoms with Crippen molar-refractivity contribution in [2.45, 2.75) is 0 Å². The molecule has 3 nitrogen and oxygen atoms in total. The Morgan fingerprint density at radius 2 is 1.09 bits per heavy atom. The Kier molecular flexibility index (Phi) is 6.12. The van der Waals surface area contributed by atoms with Gasteiger partial charge in [0.2, 0.25) is 0 Å². The van der Waals surface area contributed by atoms with Crippen LogP contribution in [0.1, 0.15) is 0 Å². The zero-order chi connectivity index (χ0) is 28.6. The summed E-state index contributed by atoms with van der Waals surface area (Å²) in [5.41, 5.74) is 11.3. The minimum absolute atomic E-state index is 0.879. The van der Waals surface area contributed by atoms with Crippen molar-refractivity contribution in [1.29, 1.82) is 0 Å². The van der Waals surface area contributed by atoms with Gasteiger partial charge in [0.25, 0.3) is 0 Å². The largest absolute Gasteiger partial charge is 0.293 e. The van der Waals surface area contributed by atoms with E-state index in [1.165, 1.54) is 44.2 Å². The third-order valence-corrected chi connectivity index (χ3v) is 8.10. The smallest absolute Gasteiger partial charge is 0.138 e. The molecule has 202 valence electrons. The van der Waals surface area contributed by atoms with Crippen LogP contribution in [-0.2, 0) is 0 Å². The Morgan fingerprint density at radius 1 is 0.442 bits per heavy atom. The fourth-order valence-corrected chi connectivity index (χ4v) is 6.05. The number of benzene rings is 5. The van der Waals surface area contributed by atoms with Gasteiger partial charge in [-0.25, -0.2) is 4.98 Å². The van der Waals surface area contributed by atoms with E-state index in [9.17, 15) is 0 Å². The Morgan fingerprint density at radius 3 is 1.84 bits per heavy atom. The van der Waals surface area contributed by atoms with Gasteiger partial charge in [0.1, 0.15) is 5.82 Å². The molecule has 43 heavy (non-hydrogen) atoms. The van der Waals surface area contributed by atoms with E-state index in [1.807, 2.05) is 18.3 Å². The molecule has 3 heteroatoms. The fraction of sp³-hybridized carbons (Fsp3) is 0. The molecule has 0 aliphatic rings. The molecular formula is C40H27N3. The summed E-state index contributed by atoms with van der Waals surface area (Å²) in [6.07, 6.45) is 3.65. The van der Waals surface area contributed by atoms with Crippen LogP contribution in [0.3, 0.4) is 0 Å². The first kappa shape index (κ1) is 25.0. The number of fused-ring (bicyclic) bond motifs is 3. The molecule has 0 aliphatic carbocycles. The van der Waals surface area contributed by atoms with Crippen molar-refractivity contribution in [3.8, 4) is 50.5 Å². The van der Waals surface area contributed by atoms with Gasteiger partial charge in [0, 0.05) is 34.3 Å². The van der Waals surface area contributed by atoms with Crippen molar-refractivity contribution in [1.82, 2.24) is 14.5 Å². The maximum absolute atomic E-state index is 5.16. The van der Waals surface area contributed by atoms with Crippen LogP contribution >= 0.6 is 0 Å². The van der Waals surface area contributed by atoms with Crippen LogP contribution in [0.15, 0.2) is 164 Å². The highest BCUT2D eigenvalue weighted by Crippen LogP contribution is 2.41. The maximum atomic E-state index is 5.16. The monoisotopic (exact) mass is 549 g/mol. The molecule has 0 N–H and O–H groups in total. The number of pyridine rings is 2. The van der Waals surface area contributed by atoms with Gasteiger partial charge in [0.05, 0.1) is 16.7 Å². The van der Waals surface area contributed by atoms with Gasteiger partial charge in [0.15, 0.2) is 0 Å². The molecule has 0 amide bonds. The first-order valence-corrected chi connectivity index (χ1v) is 14.5. The number of rotatable bonds is 5. The molecular weight excluding hydrogens is 522 g/mol. The molecule has 0 unspecified atom stereocenters. The summed E-state index contributed by atoms with van der Waals surface area (Å²) in [5.74, 6) is 0.879. The molecule has 0 spiro atoms. The van der Waals surface area contributed by atoms with E-state index < -0.39 is 0 Å². The minimum Gasteiger partial charge on any atom is -0.293 e. The second-order valence-corrected chi connectivity index (χ2v) is 10.7. The van der Waals surface area contributed by atoms with E-state index in [4.69, 9.17) is 4.98 Å². The summed E-state index contributed by atoms with van der Waals surface area (Å²) in [5, 5.41) is 2.40. The second kappa shape index (κ2) is 10.6. The molecule has 8 aromatic rings. The summed E-state index contributed by atoms with van der Waals surface area (Å²) in [6, 6.07) is 53.6. The SMILES string of the molecule is c1ccc(-c2ccc(-c3cc(-c4ccccc4)c4c(c3)c3ccccc3n4-c3cccc(-c4cccnc4)n3)cc2)cc1. The van der Waals surface area contributed by atoms with Gasteiger partial charge in [-0.05, 0) is 70.3 Å². The van der Waals surface area contributed by atoms with Crippen molar-refractivity contribution in [3.63, 3.8) is 0 Å². The molecule has 5 aromatic carbocycles. The highest BCUT2D eigenvalue weighted by molar-refractivity contribution is 6.15. The van der Waals surface area contributed by atoms with Crippen LogP contribution in [0.5, 0.6) is 0 Å². The summed E-state index contributed by atoms with van der Waals surface area (Å²) >= 11 is 0. The number of aromatic nitrogens is 3. The zero-order valence-electron chi connectivity index (χ0n) is 23.4. The molecule has 0 fully saturated rings. The molecule has 0 saturated carbocycles. The summed E-state index contributed by atoms with van der Waals surface area (Å²) in [6.45, 7) is 0. The molecule has 0 atom stereocenters. The van der Waals surface area contributed by atoms with E-state index in [2.05, 4.69) is 149 Å². The first-order chi connectivity index (χ1) is 21.3. The van der Waals surface area contributed by atoms with Crippen molar-refractivity contribution in [3.05, 3.63) is 164 Å². The lowest BCUT2D eigenvalue weighted by Gasteiger charge is -2.14. The number of hydrogen-bond acceptors (Lipinski definition) is 2. The lowest BCUT2D eigenvalue weighted by Crippen LogP contribution is -2.00. The fourth-order valence-electron chi connectivity index (χ4n) is 6.05. The predicted molar refractivity (Wildman–Crippen MR) is 178 cm³/mol. The number of para-hydroxylation sites is 1. The van der Waals surface area contributed by atoms with Crippen molar-refractivity contribution < 1.29 is 0 Å². The topological polar surface area (TPSA) is 30.7 Å². The van der Waals surface area contributed by atoms with Gasteiger partial charge in [-0.15, -0.1) is 0 Å². The van der Waals surface area contributed by atoms with Crippen LogP contribution in [0.25, 0.3) is 72.3 Å². The molecule has 0 aliphatic heterocycles. The van der Waals surface area contributed by atoms with Crippen LogP contribution in [0, 0.1) is 0 Å². The Labute approximate surface area is 250 Å².